The summed E-state index contributed by atoms with van der Waals surface area (Å²) in [7, 11) is 0. The smallest absolute Gasteiger partial charge is 0.309 e. The van der Waals surface area contributed by atoms with E-state index in [4.69, 9.17) is 0 Å². The number of pyridine rings is 1. The van der Waals surface area contributed by atoms with Gasteiger partial charge in [-0.15, -0.1) is 0 Å². The van der Waals surface area contributed by atoms with Crippen LogP contribution < -0.4 is 0 Å². The summed E-state index contributed by atoms with van der Waals surface area (Å²) in [6.07, 6.45) is 5.25. The normalized spacial score (nSPS) is 21.6. The van der Waals surface area contributed by atoms with Crippen molar-refractivity contribution in [1.29, 1.82) is 0 Å². The molecule has 0 aromatic carbocycles. The molecule has 0 amide bonds. The topological polar surface area (TPSA) is 96.2 Å². The second-order valence-corrected chi connectivity index (χ2v) is 5.98. The summed E-state index contributed by atoms with van der Waals surface area (Å²) in [5, 5.41) is 19.8. The lowest BCUT2D eigenvalue weighted by molar-refractivity contribution is -0.148. The molecule has 3 rings (SSSR count). The SMILES string of the molecule is Cc1nc(O)c2cc(C3=CCC(C)(C(=O)O)CC3)ncc2n1. The van der Waals surface area contributed by atoms with Crippen molar-refractivity contribution in [2.24, 2.45) is 5.41 Å². The minimum atomic E-state index is -0.768. The van der Waals surface area contributed by atoms with Gasteiger partial charge in [0.25, 0.3) is 0 Å². The van der Waals surface area contributed by atoms with Crippen LogP contribution >= 0.6 is 0 Å². The van der Waals surface area contributed by atoms with Gasteiger partial charge in [-0.25, -0.2) is 4.98 Å². The fraction of sp³-hybridized carbons (Fsp3) is 0.375. The number of rotatable bonds is 2. The van der Waals surface area contributed by atoms with E-state index in [-0.39, 0.29) is 5.88 Å². The molecule has 1 unspecified atom stereocenters. The predicted octanol–water partition coefficient (Wildman–Crippen LogP) is 2.70. The Kier molecular flexibility index (Phi) is 3.31. The van der Waals surface area contributed by atoms with Gasteiger partial charge in [0.2, 0.25) is 5.88 Å². The Bertz CT molecular complexity index is 801. The fourth-order valence-electron chi connectivity index (χ4n) is 2.69. The third kappa shape index (κ3) is 2.41. The molecule has 2 aromatic heterocycles. The van der Waals surface area contributed by atoms with Gasteiger partial charge in [0.1, 0.15) is 5.82 Å². The minimum Gasteiger partial charge on any atom is -0.493 e. The second kappa shape index (κ2) is 5.05. The molecule has 0 saturated heterocycles. The Labute approximate surface area is 127 Å². The maximum atomic E-state index is 11.3. The van der Waals surface area contributed by atoms with Crippen LogP contribution in [0.2, 0.25) is 0 Å². The molecule has 2 aromatic rings. The summed E-state index contributed by atoms with van der Waals surface area (Å²) < 4.78 is 0. The van der Waals surface area contributed by atoms with Crippen molar-refractivity contribution in [2.45, 2.75) is 33.1 Å². The van der Waals surface area contributed by atoms with Crippen LogP contribution in [0, 0.1) is 12.3 Å². The van der Waals surface area contributed by atoms with Crippen molar-refractivity contribution >= 4 is 22.4 Å². The summed E-state index contributed by atoms with van der Waals surface area (Å²) in [5.74, 6) is -0.331. The Balaban J connectivity index is 1.98. The number of aromatic nitrogens is 3. The lowest BCUT2D eigenvalue weighted by Crippen LogP contribution is -2.29. The van der Waals surface area contributed by atoms with Gasteiger partial charge in [-0.3, -0.25) is 9.78 Å². The molecule has 2 heterocycles. The van der Waals surface area contributed by atoms with E-state index in [2.05, 4.69) is 15.0 Å². The number of carboxylic acids is 1. The zero-order valence-corrected chi connectivity index (χ0v) is 12.5. The standard InChI is InChI=1S/C16H17N3O3/c1-9-18-13-8-17-12(7-11(13)14(20)19-9)10-3-5-16(2,6-4-10)15(21)22/h3,7-8H,4-6H2,1-2H3,(H,21,22)(H,18,19,20). The Morgan fingerprint density at radius 3 is 2.77 bits per heavy atom. The average Bonchev–Trinajstić information content (AvgIpc) is 2.47. The summed E-state index contributed by atoms with van der Waals surface area (Å²) in [6, 6.07) is 1.76. The highest BCUT2D eigenvalue weighted by Crippen LogP contribution is 2.38. The van der Waals surface area contributed by atoms with Gasteiger partial charge in [-0.2, -0.15) is 4.98 Å². The highest BCUT2D eigenvalue weighted by molar-refractivity contribution is 5.85. The minimum absolute atomic E-state index is 0.0575. The van der Waals surface area contributed by atoms with Crippen molar-refractivity contribution in [2.75, 3.05) is 0 Å². The maximum Gasteiger partial charge on any atom is 0.309 e. The zero-order chi connectivity index (χ0) is 15.9. The number of allylic oxidation sites excluding steroid dienone is 2. The van der Waals surface area contributed by atoms with Gasteiger partial charge in [-0.05, 0) is 44.7 Å². The maximum absolute atomic E-state index is 11.3. The van der Waals surface area contributed by atoms with E-state index in [1.165, 1.54) is 0 Å². The number of nitrogens with zero attached hydrogens (tertiary/aromatic N) is 3. The van der Waals surface area contributed by atoms with E-state index >= 15 is 0 Å². The largest absolute Gasteiger partial charge is 0.493 e. The second-order valence-electron chi connectivity index (χ2n) is 5.98. The first kappa shape index (κ1) is 14.4. The molecule has 22 heavy (non-hydrogen) atoms. The Morgan fingerprint density at radius 1 is 1.36 bits per heavy atom. The first-order chi connectivity index (χ1) is 10.4. The molecule has 0 saturated carbocycles. The molecule has 1 aliphatic rings. The van der Waals surface area contributed by atoms with Crippen LogP contribution in [-0.4, -0.2) is 31.1 Å². The molecule has 2 N–H and O–H groups in total. The summed E-state index contributed by atoms with van der Waals surface area (Å²) in [4.78, 5) is 23.9. The fourth-order valence-corrected chi connectivity index (χ4v) is 2.69. The first-order valence-corrected chi connectivity index (χ1v) is 7.15. The molecular weight excluding hydrogens is 282 g/mol. The number of hydrogen-bond donors (Lipinski definition) is 2. The van der Waals surface area contributed by atoms with Crippen molar-refractivity contribution in [3.8, 4) is 5.88 Å². The van der Waals surface area contributed by atoms with Gasteiger partial charge in [0.05, 0.1) is 28.2 Å². The molecule has 0 bridgehead atoms. The molecule has 114 valence electrons. The monoisotopic (exact) mass is 299 g/mol. The number of aliphatic carboxylic acids is 1. The molecule has 0 radical (unpaired) electrons. The Morgan fingerprint density at radius 2 is 2.14 bits per heavy atom. The number of carboxylic acid groups (broad SMARTS) is 1. The first-order valence-electron chi connectivity index (χ1n) is 7.15. The lowest BCUT2D eigenvalue weighted by atomic mass is 9.76. The summed E-state index contributed by atoms with van der Waals surface area (Å²) in [6.45, 7) is 3.47. The van der Waals surface area contributed by atoms with Gasteiger partial charge < -0.3 is 10.2 Å². The van der Waals surface area contributed by atoms with Crippen LogP contribution in [0.1, 0.15) is 37.7 Å². The van der Waals surface area contributed by atoms with Crippen molar-refractivity contribution in [3.05, 3.63) is 29.9 Å². The van der Waals surface area contributed by atoms with E-state index in [1.807, 2.05) is 6.08 Å². The molecule has 0 spiro atoms. The van der Waals surface area contributed by atoms with Gasteiger partial charge >= 0.3 is 5.97 Å². The molecular formula is C16H17N3O3. The van der Waals surface area contributed by atoms with Crippen molar-refractivity contribution < 1.29 is 15.0 Å². The third-order valence-corrected chi connectivity index (χ3v) is 4.26. The number of aryl methyl sites for hydroxylation is 1. The zero-order valence-electron chi connectivity index (χ0n) is 12.5. The summed E-state index contributed by atoms with van der Waals surface area (Å²) in [5.41, 5.74) is 1.63. The molecule has 1 atom stereocenters. The Hall–Kier alpha value is -2.50. The molecule has 0 aliphatic heterocycles. The molecule has 1 aliphatic carbocycles. The number of fused-ring (bicyclic) bond motifs is 1. The van der Waals surface area contributed by atoms with E-state index in [1.54, 1.807) is 26.1 Å². The quantitative estimate of drug-likeness (QED) is 0.885. The molecule has 6 nitrogen and oxygen atoms in total. The lowest BCUT2D eigenvalue weighted by Gasteiger charge is -2.28. The van der Waals surface area contributed by atoms with Crippen molar-refractivity contribution in [3.63, 3.8) is 0 Å². The summed E-state index contributed by atoms with van der Waals surface area (Å²) >= 11 is 0. The van der Waals surface area contributed by atoms with Crippen LogP contribution in [0.15, 0.2) is 18.3 Å². The molecule has 0 fully saturated rings. The number of aromatic hydroxyl groups is 1. The molecule has 6 heteroatoms. The van der Waals surface area contributed by atoms with E-state index in [0.29, 0.717) is 36.0 Å². The van der Waals surface area contributed by atoms with E-state index in [0.717, 1.165) is 11.3 Å². The predicted molar refractivity (Wildman–Crippen MR) is 81.3 cm³/mol. The van der Waals surface area contributed by atoms with Gasteiger partial charge in [0.15, 0.2) is 0 Å². The van der Waals surface area contributed by atoms with Crippen LogP contribution in [0.5, 0.6) is 5.88 Å². The van der Waals surface area contributed by atoms with Gasteiger partial charge in [0, 0.05) is 0 Å². The average molecular weight is 299 g/mol. The third-order valence-electron chi connectivity index (χ3n) is 4.26. The van der Waals surface area contributed by atoms with Crippen LogP contribution in [0.3, 0.4) is 0 Å². The van der Waals surface area contributed by atoms with E-state index in [9.17, 15) is 15.0 Å². The van der Waals surface area contributed by atoms with Crippen molar-refractivity contribution in [1.82, 2.24) is 15.0 Å². The van der Waals surface area contributed by atoms with E-state index < -0.39 is 11.4 Å². The van der Waals surface area contributed by atoms with Crippen LogP contribution in [-0.2, 0) is 4.79 Å². The van der Waals surface area contributed by atoms with Crippen LogP contribution in [0.4, 0.5) is 0 Å². The van der Waals surface area contributed by atoms with Gasteiger partial charge in [-0.1, -0.05) is 6.08 Å². The number of hydrogen-bond acceptors (Lipinski definition) is 5. The highest BCUT2D eigenvalue weighted by Gasteiger charge is 2.34. The number of carbonyl (C=O) groups is 1. The van der Waals surface area contributed by atoms with Crippen LogP contribution in [0.25, 0.3) is 16.5 Å². The highest BCUT2D eigenvalue weighted by atomic mass is 16.4.